The van der Waals surface area contributed by atoms with E-state index in [1.807, 2.05) is 6.92 Å². The van der Waals surface area contributed by atoms with Gasteiger partial charge in [0, 0.05) is 16.9 Å². The fourth-order valence-electron chi connectivity index (χ4n) is 6.38. The molecule has 0 aromatic carbocycles. The zero-order chi connectivity index (χ0) is 21.5. The quantitative estimate of drug-likeness (QED) is 0.691. The van der Waals surface area contributed by atoms with Crippen LogP contribution in [0.3, 0.4) is 0 Å². The zero-order valence-corrected chi connectivity index (χ0v) is 18.2. The number of hydrogen-bond acceptors (Lipinski definition) is 5. The van der Waals surface area contributed by atoms with Crippen LogP contribution in [-0.2, 0) is 25.6 Å². The number of nitrogens with zero attached hydrogens (tertiary/aromatic N) is 1. The van der Waals surface area contributed by atoms with Crippen LogP contribution in [0.1, 0.15) is 67.2 Å². The fraction of sp³-hybridized carbons (Fsp3) is 0.696. The molecule has 7 heteroatoms. The number of ether oxygens (including phenoxy) is 2. The Morgan fingerprint density at radius 1 is 1.07 bits per heavy atom. The molecule has 4 aliphatic rings. The second-order valence-electron chi connectivity index (χ2n) is 9.50. The third-order valence-corrected chi connectivity index (χ3v) is 7.16. The van der Waals surface area contributed by atoms with E-state index in [1.54, 1.807) is 24.5 Å². The first-order valence-corrected chi connectivity index (χ1v) is 11.1. The molecule has 1 aromatic heterocycles. The second-order valence-corrected chi connectivity index (χ2v) is 9.50. The molecule has 7 nitrogen and oxygen atoms in total. The van der Waals surface area contributed by atoms with Gasteiger partial charge in [-0.1, -0.05) is 0 Å². The molecule has 0 radical (unpaired) electrons. The molecule has 0 saturated heterocycles. The van der Waals surface area contributed by atoms with Gasteiger partial charge in [0.2, 0.25) is 0 Å². The van der Waals surface area contributed by atoms with E-state index in [2.05, 4.69) is 5.32 Å². The van der Waals surface area contributed by atoms with Gasteiger partial charge in [-0.25, -0.2) is 4.79 Å². The van der Waals surface area contributed by atoms with E-state index in [0.717, 1.165) is 42.7 Å². The number of hydrogen-bond donors (Lipinski definition) is 1. The number of amides is 1. The summed E-state index contributed by atoms with van der Waals surface area (Å²) in [4.78, 5) is 36.9. The van der Waals surface area contributed by atoms with Crippen LogP contribution in [0.4, 0.5) is 0 Å². The van der Waals surface area contributed by atoms with Crippen LogP contribution < -0.4 is 5.32 Å². The summed E-state index contributed by atoms with van der Waals surface area (Å²) >= 11 is 0. The predicted octanol–water partition coefficient (Wildman–Crippen LogP) is 2.91. The number of rotatable bonds is 7. The lowest BCUT2D eigenvalue weighted by Gasteiger charge is -2.56. The summed E-state index contributed by atoms with van der Waals surface area (Å²) in [6, 6.07) is 1.71. The molecule has 5 rings (SSSR count). The standard InChI is InChI=1S/C23H32N2O5/c1-4-29-22(28)19-5-14(2)25(15(19)3)12-21(27)30-13-20(26)24-23-9-16-6-17(10-23)8-18(7-16)11-23/h5,16-18H,4,6-13H2,1-3H3,(H,24,26). The highest BCUT2D eigenvalue weighted by Gasteiger charge is 2.51. The van der Waals surface area contributed by atoms with Gasteiger partial charge in [0.1, 0.15) is 6.54 Å². The topological polar surface area (TPSA) is 86.6 Å². The van der Waals surface area contributed by atoms with E-state index in [9.17, 15) is 14.4 Å². The Balaban J connectivity index is 1.30. The maximum Gasteiger partial charge on any atom is 0.339 e. The van der Waals surface area contributed by atoms with Gasteiger partial charge in [-0.3, -0.25) is 9.59 Å². The number of aromatic nitrogens is 1. The second kappa shape index (κ2) is 8.08. The van der Waals surface area contributed by atoms with Gasteiger partial charge in [-0.2, -0.15) is 0 Å². The molecule has 4 bridgehead atoms. The monoisotopic (exact) mass is 416 g/mol. The summed E-state index contributed by atoms with van der Waals surface area (Å²) in [7, 11) is 0. The number of nitrogens with one attached hydrogen (secondary N) is 1. The summed E-state index contributed by atoms with van der Waals surface area (Å²) in [5.41, 5.74) is 1.79. The Labute approximate surface area is 177 Å². The highest BCUT2D eigenvalue weighted by atomic mass is 16.5. The van der Waals surface area contributed by atoms with Crippen molar-refractivity contribution in [3.8, 4) is 0 Å². The molecule has 4 saturated carbocycles. The van der Waals surface area contributed by atoms with Gasteiger partial charge in [0.05, 0.1) is 12.2 Å². The van der Waals surface area contributed by atoms with Gasteiger partial charge in [-0.05, 0) is 83.1 Å². The van der Waals surface area contributed by atoms with Crippen molar-refractivity contribution in [3.63, 3.8) is 0 Å². The molecule has 0 atom stereocenters. The van der Waals surface area contributed by atoms with Crippen molar-refractivity contribution in [2.75, 3.05) is 13.2 Å². The highest BCUT2D eigenvalue weighted by Crippen LogP contribution is 2.55. The molecule has 1 aromatic rings. The van der Waals surface area contributed by atoms with Crippen LogP contribution in [0.5, 0.6) is 0 Å². The molecule has 1 heterocycles. The average Bonchev–Trinajstić information content (AvgIpc) is 2.93. The van der Waals surface area contributed by atoms with Crippen molar-refractivity contribution < 1.29 is 23.9 Å². The Morgan fingerprint density at radius 3 is 2.23 bits per heavy atom. The predicted molar refractivity (Wildman–Crippen MR) is 110 cm³/mol. The van der Waals surface area contributed by atoms with E-state index in [1.165, 1.54) is 19.3 Å². The Hall–Kier alpha value is -2.31. The first-order chi connectivity index (χ1) is 14.3. The van der Waals surface area contributed by atoms with Gasteiger partial charge < -0.3 is 19.4 Å². The number of aryl methyl sites for hydroxylation is 1. The summed E-state index contributed by atoms with van der Waals surface area (Å²) in [6.45, 7) is 5.34. The maximum atomic E-state index is 12.5. The third-order valence-electron chi connectivity index (χ3n) is 7.16. The molecule has 4 fully saturated rings. The summed E-state index contributed by atoms with van der Waals surface area (Å²) in [5.74, 6) is 1.12. The molecule has 0 spiro atoms. The summed E-state index contributed by atoms with van der Waals surface area (Å²) in [6.07, 6.45) is 7.14. The lowest BCUT2D eigenvalue weighted by atomic mass is 9.53. The lowest BCUT2D eigenvalue weighted by Crippen LogP contribution is -2.60. The fourth-order valence-corrected chi connectivity index (χ4v) is 6.38. The first-order valence-electron chi connectivity index (χ1n) is 11.1. The minimum Gasteiger partial charge on any atom is -0.462 e. The van der Waals surface area contributed by atoms with E-state index >= 15 is 0 Å². The normalized spacial score (nSPS) is 29.0. The number of esters is 2. The van der Waals surface area contributed by atoms with Crippen molar-refractivity contribution in [3.05, 3.63) is 23.0 Å². The molecule has 164 valence electrons. The molecule has 0 unspecified atom stereocenters. The molecule has 4 aliphatic carbocycles. The smallest absolute Gasteiger partial charge is 0.339 e. The molecule has 1 N–H and O–H groups in total. The number of carbonyl (C=O) groups is 3. The minimum absolute atomic E-state index is 0.0400. The van der Waals surface area contributed by atoms with Crippen LogP contribution in [0.2, 0.25) is 0 Å². The van der Waals surface area contributed by atoms with Gasteiger partial charge in [0.15, 0.2) is 6.61 Å². The zero-order valence-electron chi connectivity index (χ0n) is 18.2. The summed E-state index contributed by atoms with van der Waals surface area (Å²) < 4.78 is 12.0. The molecular formula is C23H32N2O5. The maximum absolute atomic E-state index is 12.5. The van der Waals surface area contributed by atoms with Gasteiger partial charge in [0.25, 0.3) is 5.91 Å². The Bertz CT molecular complexity index is 821. The largest absolute Gasteiger partial charge is 0.462 e. The average molecular weight is 417 g/mol. The Morgan fingerprint density at radius 2 is 1.67 bits per heavy atom. The molecular weight excluding hydrogens is 384 g/mol. The van der Waals surface area contributed by atoms with E-state index in [0.29, 0.717) is 17.9 Å². The van der Waals surface area contributed by atoms with Gasteiger partial charge >= 0.3 is 11.9 Å². The van der Waals surface area contributed by atoms with Gasteiger partial charge in [-0.15, -0.1) is 0 Å². The van der Waals surface area contributed by atoms with E-state index < -0.39 is 11.9 Å². The molecule has 0 aliphatic heterocycles. The lowest BCUT2D eigenvalue weighted by molar-refractivity contribution is -0.150. The highest BCUT2D eigenvalue weighted by molar-refractivity contribution is 5.91. The van der Waals surface area contributed by atoms with Crippen LogP contribution in [0.25, 0.3) is 0 Å². The SMILES string of the molecule is CCOC(=O)c1cc(C)n(CC(=O)OCC(=O)NC23CC4CC(CC(C4)C2)C3)c1C. The van der Waals surface area contributed by atoms with Crippen LogP contribution >= 0.6 is 0 Å². The van der Waals surface area contributed by atoms with E-state index in [4.69, 9.17) is 9.47 Å². The van der Waals surface area contributed by atoms with Crippen molar-refractivity contribution in [1.29, 1.82) is 0 Å². The molecule has 30 heavy (non-hydrogen) atoms. The van der Waals surface area contributed by atoms with Crippen molar-refractivity contribution >= 4 is 17.8 Å². The molecule has 1 amide bonds. The third kappa shape index (κ3) is 4.12. The van der Waals surface area contributed by atoms with Crippen molar-refractivity contribution in [2.45, 2.75) is 71.4 Å². The first kappa shape index (κ1) is 20.9. The van der Waals surface area contributed by atoms with Crippen molar-refractivity contribution in [1.82, 2.24) is 9.88 Å². The van der Waals surface area contributed by atoms with Crippen LogP contribution in [0, 0.1) is 31.6 Å². The van der Waals surface area contributed by atoms with E-state index in [-0.39, 0.29) is 24.6 Å². The Kier molecular flexibility index (Phi) is 5.64. The minimum atomic E-state index is -0.493. The number of carbonyl (C=O) groups excluding carboxylic acids is 3. The van der Waals surface area contributed by atoms with Crippen LogP contribution in [-0.4, -0.2) is 41.2 Å². The van der Waals surface area contributed by atoms with Crippen LogP contribution in [0.15, 0.2) is 6.07 Å². The summed E-state index contributed by atoms with van der Waals surface area (Å²) in [5, 5.41) is 3.22. The van der Waals surface area contributed by atoms with Crippen molar-refractivity contribution in [2.24, 2.45) is 17.8 Å².